The molecule has 2 aliphatic rings. The third-order valence-electron chi connectivity index (χ3n) is 5.11. The molecule has 0 bridgehead atoms. The van der Waals surface area contributed by atoms with E-state index in [0.717, 1.165) is 25.2 Å². The Morgan fingerprint density at radius 2 is 1.96 bits per heavy atom. The molecule has 2 heterocycles. The van der Waals surface area contributed by atoms with Gasteiger partial charge in [0.25, 0.3) is 5.91 Å². The molecule has 1 N–H and O–H groups in total. The van der Waals surface area contributed by atoms with E-state index in [-0.39, 0.29) is 17.3 Å². The molecule has 1 fully saturated rings. The van der Waals surface area contributed by atoms with Crippen LogP contribution >= 0.6 is 11.6 Å². The minimum absolute atomic E-state index is 0.189. The Morgan fingerprint density at radius 3 is 2.58 bits per heavy atom. The number of rotatable bonds is 6. The number of benzene rings is 1. The number of halogens is 1. The van der Waals surface area contributed by atoms with E-state index in [1.807, 2.05) is 6.07 Å². The van der Waals surface area contributed by atoms with Gasteiger partial charge in [-0.3, -0.25) is 9.59 Å². The molecular formula is C20H25ClN2O3. The summed E-state index contributed by atoms with van der Waals surface area (Å²) in [5, 5.41) is 11.0. The van der Waals surface area contributed by atoms with Gasteiger partial charge >= 0.3 is 0 Å². The van der Waals surface area contributed by atoms with Gasteiger partial charge in [-0.2, -0.15) is 0 Å². The van der Waals surface area contributed by atoms with Crippen molar-refractivity contribution in [3.8, 4) is 0 Å². The number of Topliss-reactive ketones (excluding diaryl/α,β-unsaturated/α-hetero) is 1. The lowest BCUT2D eigenvalue weighted by Gasteiger charge is -2.29. The van der Waals surface area contributed by atoms with Crippen molar-refractivity contribution in [2.24, 2.45) is 5.92 Å². The number of hydrogen-bond acceptors (Lipinski definition) is 4. The quantitative estimate of drug-likeness (QED) is 0.827. The first kappa shape index (κ1) is 18.9. The second-order valence-corrected chi connectivity index (χ2v) is 7.72. The zero-order valence-electron chi connectivity index (χ0n) is 15.2. The summed E-state index contributed by atoms with van der Waals surface area (Å²) < 4.78 is 0. The fraction of sp³-hybridized carbons (Fsp3) is 0.500. The maximum atomic E-state index is 12.7. The molecule has 6 heteroatoms. The molecule has 2 aliphatic heterocycles. The second-order valence-electron chi connectivity index (χ2n) is 7.29. The van der Waals surface area contributed by atoms with Crippen LogP contribution in [-0.2, 0) is 9.59 Å². The largest absolute Gasteiger partial charge is 0.503 e. The average Bonchev–Trinajstić information content (AvgIpc) is 3.20. The van der Waals surface area contributed by atoms with Crippen LogP contribution in [0.5, 0.6) is 0 Å². The fourth-order valence-corrected chi connectivity index (χ4v) is 3.92. The molecule has 0 aromatic heterocycles. The maximum absolute atomic E-state index is 12.7. The van der Waals surface area contributed by atoms with Crippen LogP contribution in [0.15, 0.2) is 35.6 Å². The number of nitrogens with zero attached hydrogens (tertiary/aromatic N) is 2. The summed E-state index contributed by atoms with van der Waals surface area (Å²) in [6.07, 6.45) is 2.35. The zero-order chi connectivity index (χ0) is 18.8. The molecule has 3 rings (SSSR count). The lowest BCUT2D eigenvalue weighted by Crippen LogP contribution is -2.38. The van der Waals surface area contributed by atoms with Gasteiger partial charge in [0, 0.05) is 24.0 Å². The summed E-state index contributed by atoms with van der Waals surface area (Å²) in [5.41, 5.74) is 0.939. The predicted octanol–water partition coefficient (Wildman–Crippen LogP) is 3.36. The van der Waals surface area contributed by atoms with E-state index in [9.17, 15) is 14.7 Å². The van der Waals surface area contributed by atoms with E-state index in [0.29, 0.717) is 11.6 Å². The molecule has 1 unspecified atom stereocenters. The van der Waals surface area contributed by atoms with Crippen molar-refractivity contribution >= 4 is 23.3 Å². The molecule has 0 radical (unpaired) electrons. The highest BCUT2D eigenvalue weighted by atomic mass is 35.5. The lowest BCUT2D eigenvalue weighted by atomic mass is 9.91. The monoisotopic (exact) mass is 376 g/mol. The van der Waals surface area contributed by atoms with Gasteiger partial charge in [-0.1, -0.05) is 37.6 Å². The maximum Gasteiger partial charge on any atom is 0.290 e. The standard InChI is InChI=1S/C20H25ClN2O3/c1-13(2)18(24)16-17(14-6-5-7-15(21)12-14)23(20(26)19(16)25)11-10-22-8-3-4-9-22/h5-7,12-13,17,25H,3-4,8-11H2,1-2H3. The van der Waals surface area contributed by atoms with E-state index in [2.05, 4.69) is 4.90 Å². The molecule has 140 valence electrons. The Balaban J connectivity index is 1.94. The van der Waals surface area contributed by atoms with Gasteiger partial charge in [-0.25, -0.2) is 0 Å². The highest BCUT2D eigenvalue weighted by Gasteiger charge is 2.43. The summed E-state index contributed by atoms with van der Waals surface area (Å²) in [7, 11) is 0. The Hall–Kier alpha value is -1.85. The molecule has 0 spiro atoms. The molecular weight excluding hydrogens is 352 g/mol. The van der Waals surface area contributed by atoms with Crippen molar-refractivity contribution in [1.82, 2.24) is 9.80 Å². The molecule has 0 saturated carbocycles. The minimum Gasteiger partial charge on any atom is -0.503 e. The Labute approximate surface area is 159 Å². The Bertz CT molecular complexity index is 738. The number of aliphatic hydroxyl groups excluding tert-OH is 1. The first-order valence-electron chi connectivity index (χ1n) is 9.16. The number of aliphatic hydroxyl groups is 1. The van der Waals surface area contributed by atoms with Crippen LogP contribution in [0.25, 0.3) is 0 Å². The first-order chi connectivity index (χ1) is 12.4. The Kier molecular flexibility index (Phi) is 5.68. The van der Waals surface area contributed by atoms with Crippen molar-refractivity contribution in [3.05, 3.63) is 46.2 Å². The molecule has 1 aromatic rings. The van der Waals surface area contributed by atoms with Crippen LogP contribution in [0.2, 0.25) is 5.02 Å². The molecule has 1 saturated heterocycles. The SMILES string of the molecule is CC(C)C(=O)C1=C(O)C(=O)N(CCN2CCCC2)C1c1cccc(Cl)c1. The highest BCUT2D eigenvalue weighted by molar-refractivity contribution is 6.30. The predicted molar refractivity (Wildman–Crippen MR) is 101 cm³/mol. The molecule has 1 amide bonds. The van der Waals surface area contributed by atoms with Gasteiger partial charge in [-0.15, -0.1) is 0 Å². The van der Waals surface area contributed by atoms with Crippen LogP contribution in [-0.4, -0.2) is 52.8 Å². The topological polar surface area (TPSA) is 60.9 Å². The smallest absolute Gasteiger partial charge is 0.290 e. The number of carbonyl (C=O) groups excluding carboxylic acids is 2. The molecule has 0 aliphatic carbocycles. The van der Waals surface area contributed by atoms with Gasteiger partial charge in [0.1, 0.15) is 0 Å². The van der Waals surface area contributed by atoms with E-state index >= 15 is 0 Å². The van der Waals surface area contributed by atoms with Crippen molar-refractivity contribution < 1.29 is 14.7 Å². The van der Waals surface area contributed by atoms with Crippen LogP contribution in [0.1, 0.15) is 38.3 Å². The molecule has 1 atom stereocenters. The summed E-state index contributed by atoms with van der Waals surface area (Å²) in [4.78, 5) is 29.4. The van der Waals surface area contributed by atoms with E-state index in [1.54, 1.807) is 36.9 Å². The number of carbonyl (C=O) groups is 2. The van der Waals surface area contributed by atoms with E-state index in [1.165, 1.54) is 12.8 Å². The normalized spacial score (nSPS) is 21.3. The average molecular weight is 377 g/mol. The van der Waals surface area contributed by atoms with Gasteiger partial charge in [0.15, 0.2) is 11.5 Å². The summed E-state index contributed by atoms with van der Waals surface area (Å²) in [6.45, 7) is 6.81. The Morgan fingerprint density at radius 1 is 1.27 bits per heavy atom. The molecule has 26 heavy (non-hydrogen) atoms. The molecule has 1 aromatic carbocycles. The number of ketones is 1. The third-order valence-corrected chi connectivity index (χ3v) is 5.35. The third kappa shape index (κ3) is 3.64. The van der Waals surface area contributed by atoms with Crippen LogP contribution in [0.4, 0.5) is 0 Å². The number of likely N-dealkylation sites (tertiary alicyclic amines) is 1. The van der Waals surface area contributed by atoms with Gasteiger partial charge < -0.3 is 14.9 Å². The van der Waals surface area contributed by atoms with Crippen LogP contribution in [0, 0.1) is 5.92 Å². The van der Waals surface area contributed by atoms with Gasteiger partial charge in [-0.05, 0) is 43.6 Å². The van der Waals surface area contributed by atoms with Gasteiger partial charge in [0.05, 0.1) is 11.6 Å². The fourth-order valence-electron chi connectivity index (χ4n) is 3.73. The second kappa shape index (κ2) is 7.80. The summed E-state index contributed by atoms with van der Waals surface area (Å²) in [5.74, 6) is -1.40. The van der Waals surface area contributed by atoms with Crippen molar-refractivity contribution in [2.45, 2.75) is 32.7 Å². The molecule has 5 nitrogen and oxygen atoms in total. The van der Waals surface area contributed by atoms with E-state index < -0.39 is 17.7 Å². The number of hydrogen-bond donors (Lipinski definition) is 1. The van der Waals surface area contributed by atoms with Crippen molar-refractivity contribution in [1.29, 1.82) is 0 Å². The summed E-state index contributed by atoms with van der Waals surface area (Å²) in [6, 6.07) is 6.57. The van der Waals surface area contributed by atoms with E-state index in [4.69, 9.17) is 11.6 Å². The van der Waals surface area contributed by atoms with Crippen LogP contribution in [0.3, 0.4) is 0 Å². The lowest BCUT2D eigenvalue weighted by molar-refractivity contribution is -0.129. The summed E-state index contributed by atoms with van der Waals surface area (Å²) >= 11 is 6.14. The van der Waals surface area contributed by atoms with Crippen molar-refractivity contribution in [3.63, 3.8) is 0 Å². The number of amides is 1. The highest BCUT2D eigenvalue weighted by Crippen LogP contribution is 2.39. The van der Waals surface area contributed by atoms with Crippen molar-refractivity contribution in [2.75, 3.05) is 26.2 Å². The van der Waals surface area contributed by atoms with Crippen LogP contribution < -0.4 is 0 Å². The van der Waals surface area contributed by atoms with Gasteiger partial charge in [0.2, 0.25) is 0 Å². The minimum atomic E-state index is -0.585. The first-order valence-corrected chi connectivity index (χ1v) is 9.54. The zero-order valence-corrected chi connectivity index (χ0v) is 16.0.